The number of nitrogens with two attached hydrogens (primary N) is 3. The van der Waals surface area contributed by atoms with Crippen LogP contribution in [0.15, 0.2) is 80.4 Å². The smallest absolute Gasteiger partial charge is 0.355 e. The molecule has 0 radical (unpaired) electrons. The van der Waals surface area contributed by atoms with E-state index in [0.717, 1.165) is 17.4 Å². The number of carbonyl (C=O) groups is 5. The first-order valence-electron chi connectivity index (χ1n) is 13.9. The second kappa shape index (κ2) is 15.7. The number of ether oxygens (including phenoxy) is 1. The summed E-state index contributed by atoms with van der Waals surface area (Å²) in [6.45, 7) is 2.22. The number of methoxy groups -OCH3 is 1. The average Bonchev–Trinajstić information content (AvgIpc) is 3.51. The van der Waals surface area contributed by atoms with Crippen molar-refractivity contribution in [2.24, 2.45) is 26.8 Å². The predicted octanol–water partition coefficient (Wildman–Crippen LogP) is -0.530. The van der Waals surface area contributed by atoms with Gasteiger partial charge in [0.1, 0.15) is 40.9 Å². The molecule has 0 aromatic carbocycles. The number of rotatable bonds is 12. The van der Waals surface area contributed by atoms with Crippen LogP contribution in [0.3, 0.4) is 0 Å². The topological polar surface area (TPSA) is 268 Å². The molecule has 1 saturated heterocycles. The lowest BCUT2D eigenvalue weighted by Crippen LogP contribution is -2.71. The number of pyridine rings is 1. The minimum absolute atomic E-state index is 0.0604. The number of oxime groups is 1. The number of carbonyl (C=O) groups excluding carboxylic acids is 5. The fourth-order valence-electron chi connectivity index (χ4n) is 4.32. The van der Waals surface area contributed by atoms with Crippen molar-refractivity contribution in [2.75, 3.05) is 25.2 Å². The largest absolute Gasteiger partial charge is 0.464 e. The van der Waals surface area contributed by atoms with Crippen LogP contribution >= 0.6 is 23.1 Å². The quantitative estimate of drug-likeness (QED) is 0.0318. The van der Waals surface area contributed by atoms with Crippen LogP contribution in [0.4, 0.5) is 5.13 Å². The van der Waals surface area contributed by atoms with E-state index >= 15 is 0 Å². The first kappa shape index (κ1) is 35.1. The summed E-state index contributed by atoms with van der Waals surface area (Å²) in [5, 5.41) is 9.86. The molecule has 4 heterocycles. The zero-order valence-corrected chi connectivity index (χ0v) is 27.0. The summed E-state index contributed by atoms with van der Waals surface area (Å²) in [5.74, 6) is -3.92. The molecule has 2 aliphatic heterocycles. The number of aromatic nitrogens is 2. The van der Waals surface area contributed by atoms with E-state index in [2.05, 4.69) is 25.6 Å². The first-order chi connectivity index (χ1) is 23.0. The minimum atomic E-state index is -1.24. The van der Waals surface area contributed by atoms with E-state index in [0.29, 0.717) is 17.9 Å². The summed E-state index contributed by atoms with van der Waals surface area (Å²) in [7, 11) is 1.20. The van der Waals surface area contributed by atoms with Crippen LogP contribution in [-0.4, -0.2) is 81.9 Å². The number of nitrogen functional groups attached to an aromatic ring is 1. The number of amidine groups is 1. The number of allylic oxidation sites excluding steroid dienone is 2. The van der Waals surface area contributed by atoms with E-state index in [1.807, 2.05) is 0 Å². The summed E-state index contributed by atoms with van der Waals surface area (Å²) in [4.78, 5) is 87.0. The third kappa shape index (κ3) is 7.96. The van der Waals surface area contributed by atoms with Gasteiger partial charge in [-0.2, -0.15) is 4.99 Å². The fraction of sp³-hybridized carbons (Fsp3) is 0.250. The van der Waals surface area contributed by atoms with Gasteiger partial charge < -0.3 is 32.1 Å². The molecule has 4 rings (SSSR count). The van der Waals surface area contributed by atoms with E-state index in [-0.39, 0.29) is 40.2 Å². The second-order valence-corrected chi connectivity index (χ2v) is 11.7. The van der Waals surface area contributed by atoms with Crippen molar-refractivity contribution >= 4 is 69.4 Å². The van der Waals surface area contributed by atoms with Gasteiger partial charge in [-0.15, -0.1) is 28.0 Å². The molecule has 0 spiro atoms. The van der Waals surface area contributed by atoms with Crippen molar-refractivity contribution in [1.29, 1.82) is 0 Å². The lowest BCUT2D eigenvalue weighted by Gasteiger charge is -2.49. The molecule has 250 valence electrons. The Labute approximate surface area is 280 Å². The van der Waals surface area contributed by atoms with Gasteiger partial charge in [-0.1, -0.05) is 11.2 Å². The molecule has 0 bridgehead atoms. The predicted molar refractivity (Wildman–Crippen MR) is 174 cm³/mol. The fourth-order valence-corrected chi connectivity index (χ4v) is 6.19. The number of nitroso groups, excluding NO2 is 1. The van der Waals surface area contributed by atoms with Gasteiger partial charge in [-0.3, -0.25) is 24.1 Å². The highest BCUT2D eigenvalue weighted by molar-refractivity contribution is 8.00. The summed E-state index contributed by atoms with van der Waals surface area (Å²) in [6, 6.07) is 2.02. The van der Waals surface area contributed by atoms with Crippen LogP contribution in [0.25, 0.3) is 0 Å². The highest BCUT2D eigenvalue weighted by Crippen LogP contribution is 2.41. The molecule has 4 amide bonds. The van der Waals surface area contributed by atoms with Gasteiger partial charge in [0.05, 0.1) is 12.7 Å². The summed E-state index contributed by atoms with van der Waals surface area (Å²) < 4.78 is 6.69. The molecule has 18 nitrogen and oxygen atoms in total. The molecule has 0 saturated carbocycles. The molecule has 48 heavy (non-hydrogen) atoms. The normalized spacial score (nSPS) is 18.2. The molecule has 7 N–H and O–H groups in total. The van der Waals surface area contributed by atoms with Crippen LogP contribution < -0.4 is 27.1 Å². The van der Waals surface area contributed by atoms with Gasteiger partial charge in [0.25, 0.3) is 17.7 Å². The third-order valence-electron chi connectivity index (χ3n) is 6.56. The SMILES string of the molecule is CCO/N=C(\C(=O)NC1C(=O)N2C(C(=O)OC)=C(/C=C/C[n+]3ccc(C(=O)N=C(N)/C=C(\N)C(=O)N=O)cc3)CSC12)c1csc(N)n1. The molecule has 2 unspecified atom stereocenters. The standard InChI is InChI=1S/C28H28N10O8S2/c1-3-46-36-19(17-13-48-28(31)32-17)24(41)34-20-25(42)38-21(27(43)45-2)15(12-47-26(20)38)5-4-8-37-9-6-14(7-10-37)22(39)33-18(30)11-16(29)23(40)35-44/h4-7,9-11,13,20,26H,3,8,12H2,1-2H3,(H6-,29,30,31,32,33,34,39,41)/p+1/b5-4+,36-19-. The second-order valence-electron chi connectivity index (χ2n) is 9.68. The van der Waals surface area contributed by atoms with E-state index < -0.39 is 46.7 Å². The monoisotopic (exact) mass is 697 g/mol. The highest BCUT2D eigenvalue weighted by atomic mass is 32.2. The first-order valence-corrected chi connectivity index (χ1v) is 15.8. The van der Waals surface area contributed by atoms with Crippen LogP contribution in [0.5, 0.6) is 0 Å². The van der Waals surface area contributed by atoms with Crippen molar-refractivity contribution in [2.45, 2.75) is 24.9 Å². The number of hydrogen-bond acceptors (Lipinski definition) is 14. The molecule has 2 aromatic rings. The van der Waals surface area contributed by atoms with Gasteiger partial charge in [0, 0.05) is 34.5 Å². The van der Waals surface area contributed by atoms with E-state index in [9.17, 15) is 28.9 Å². The number of β-lactam (4-membered cyclic amide) rings is 1. The molecule has 2 aliphatic rings. The number of amides is 4. The van der Waals surface area contributed by atoms with E-state index in [1.165, 1.54) is 35.9 Å². The Kier molecular flexibility index (Phi) is 11.5. The number of hydrogen-bond donors (Lipinski definition) is 4. The number of thioether (sulfide) groups is 1. The van der Waals surface area contributed by atoms with Crippen molar-refractivity contribution in [1.82, 2.24) is 15.2 Å². The van der Waals surface area contributed by atoms with E-state index in [4.69, 9.17) is 26.8 Å². The number of anilines is 1. The van der Waals surface area contributed by atoms with Gasteiger partial charge in [-0.05, 0) is 18.6 Å². The Morgan fingerprint density at radius 3 is 2.58 bits per heavy atom. The number of nitrogens with zero attached hydrogens (tertiary/aromatic N) is 6. The van der Waals surface area contributed by atoms with Crippen molar-refractivity contribution in [3.05, 3.63) is 81.3 Å². The number of esters is 1. The van der Waals surface area contributed by atoms with Crippen LogP contribution in [0.1, 0.15) is 23.0 Å². The van der Waals surface area contributed by atoms with Crippen molar-refractivity contribution < 1.29 is 38.1 Å². The highest BCUT2D eigenvalue weighted by Gasteiger charge is 2.54. The van der Waals surface area contributed by atoms with Gasteiger partial charge in [0.2, 0.25) is 0 Å². The summed E-state index contributed by atoms with van der Waals surface area (Å²) in [6.07, 6.45) is 7.51. The van der Waals surface area contributed by atoms with E-state index in [1.54, 1.807) is 41.4 Å². The maximum atomic E-state index is 13.3. The Balaban J connectivity index is 1.44. The van der Waals surface area contributed by atoms with Crippen molar-refractivity contribution in [3.8, 4) is 0 Å². The third-order valence-corrected chi connectivity index (χ3v) is 8.54. The lowest BCUT2D eigenvalue weighted by atomic mass is 10.0. The number of nitrogens with one attached hydrogen (secondary N) is 1. The molecule has 20 heteroatoms. The zero-order valence-electron chi connectivity index (χ0n) is 25.4. The molecule has 2 aromatic heterocycles. The number of aliphatic imine (C=N–C) groups is 1. The maximum Gasteiger partial charge on any atom is 0.355 e. The molecular formula is C28H29N10O8S2+. The average molecular weight is 698 g/mol. The summed E-state index contributed by atoms with van der Waals surface area (Å²) >= 11 is 2.47. The Hall–Kier alpha value is -5.76. The van der Waals surface area contributed by atoms with Crippen LogP contribution in [0, 0.1) is 4.91 Å². The van der Waals surface area contributed by atoms with Crippen molar-refractivity contribution in [3.63, 3.8) is 0 Å². The number of thiazole rings is 1. The van der Waals surface area contributed by atoms with Gasteiger partial charge in [0.15, 0.2) is 29.8 Å². The lowest BCUT2D eigenvalue weighted by molar-refractivity contribution is -0.687. The Morgan fingerprint density at radius 1 is 1.23 bits per heavy atom. The zero-order chi connectivity index (χ0) is 35.0. The van der Waals surface area contributed by atoms with Crippen LogP contribution in [0.2, 0.25) is 0 Å². The molecule has 1 fully saturated rings. The molecule has 0 aliphatic carbocycles. The summed E-state index contributed by atoms with van der Waals surface area (Å²) in [5.41, 5.74) is 16.9. The Bertz CT molecular complexity index is 1800. The number of fused-ring (bicyclic) bond motifs is 1. The Morgan fingerprint density at radius 2 is 1.96 bits per heavy atom. The maximum absolute atomic E-state index is 13.3. The molecule has 2 atom stereocenters. The van der Waals surface area contributed by atoms with Crippen LogP contribution in [-0.2, 0) is 35.3 Å². The molecular weight excluding hydrogens is 669 g/mol. The minimum Gasteiger partial charge on any atom is -0.464 e. The van der Waals surface area contributed by atoms with Gasteiger partial charge >= 0.3 is 11.9 Å². The van der Waals surface area contributed by atoms with Gasteiger partial charge in [-0.25, -0.2) is 14.3 Å².